The molecule has 4 heteroatoms. The number of hydrogen-bond acceptors (Lipinski definition) is 2. The summed E-state index contributed by atoms with van der Waals surface area (Å²) in [7, 11) is 1.88. The number of benzene rings is 2. The molecule has 0 unspecified atom stereocenters. The van der Waals surface area contributed by atoms with Gasteiger partial charge in [0.25, 0.3) is 0 Å². The van der Waals surface area contributed by atoms with Gasteiger partial charge >= 0.3 is 0 Å². The average molecular weight is 283 g/mol. The third-order valence-electron chi connectivity index (χ3n) is 3.62. The molecule has 0 atom stereocenters. The van der Waals surface area contributed by atoms with Crippen LogP contribution in [-0.4, -0.2) is 16.6 Å². The van der Waals surface area contributed by atoms with Crippen LogP contribution < -0.4 is 5.32 Å². The molecule has 0 aliphatic heterocycles. The normalized spacial score (nSPS) is 11.3. The lowest BCUT2D eigenvalue weighted by Crippen LogP contribution is -2.03. The van der Waals surface area contributed by atoms with Gasteiger partial charge in [-0.1, -0.05) is 6.07 Å². The first kappa shape index (κ1) is 13.6. The second-order valence-corrected chi connectivity index (χ2v) is 5.33. The van der Waals surface area contributed by atoms with Crippen molar-refractivity contribution in [1.29, 1.82) is 0 Å². The molecule has 0 amide bonds. The van der Waals surface area contributed by atoms with Crippen molar-refractivity contribution in [2.75, 3.05) is 12.4 Å². The third-order valence-corrected chi connectivity index (χ3v) is 3.62. The molecule has 0 radical (unpaired) electrons. The van der Waals surface area contributed by atoms with E-state index >= 15 is 0 Å². The van der Waals surface area contributed by atoms with Crippen molar-refractivity contribution in [2.45, 2.75) is 19.9 Å². The van der Waals surface area contributed by atoms with E-state index in [9.17, 15) is 4.39 Å². The standard InChI is InChI=1S/C17H18FN3/c1-11(2)21-15-6-4-5-14(18)16(15)20-17(21)12-7-9-13(19-3)10-8-12/h4-11,19H,1-3H3. The van der Waals surface area contributed by atoms with Crippen molar-refractivity contribution in [3.05, 3.63) is 48.3 Å². The highest BCUT2D eigenvalue weighted by molar-refractivity contribution is 5.81. The maximum atomic E-state index is 14.0. The van der Waals surface area contributed by atoms with Crippen LogP contribution in [0.5, 0.6) is 0 Å². The number of anilines is 1. The van der Waals surface area contributed by atoms with E-state index in [2.05, 4.69) is 28.7 Å². The van der Waals surface area contributed by atoms with Gasteiger partial charge < -0.3 is 9.88 Å². The van der Waals surface area contributed by atoms with Crippen LogP contribution in [0.15, 0.2) is 42.5 Å². The fourth-order valence-electron chi connectivity index (χ4n) is 2.60. The highest BCUT2D eigenvalue weighted by Crippen LogP contribution is 2.30. The zero-order chi connectivity index (χ0) is 15.0. The molecule has 0 aliphatic carbocycles. The van der Waals surface area contributed by atoms with E-state index in [0.29, 0.717) is 5.52 Å². The molecule has 0 aliphatic rings. The molecule has 1 heterocycles. The van der Waals surface area contributed by atoms with Gasteiger partial charge in [0, 0.05) is 24.3 Å². The number of rotatable bonds is 3. The summed E-state index contributed by atoms with van der Waals surface area (Å²) in [5.41, 5.74) is 3.28. The first-order valence-corrected chi connectivity index (χ1v) is 7.06. The van der Waals surface area contributed by atoms with Crippen LogP contribution in [0.4, 0.5) is 10.1 Å². The Hall–Kier alpha value is -2.36. The van der Waals surface area contributed by atoms with Gasteiger partial charge in [0.1, 0.15) is 11.3 Å². The minimum atomic E-state index is -0.278. The Balaban J connectivity index is 2.25. The van der Waals surface area contributed by atoms with E-state index < -0.39 is 0 Å². The quantitative estimate of drug-likeness (QED) is 0.769. The van der Waals surface area contributed by atoms with Gasteiger partial charge in [-0.25, -0.2) is 9.37 Å². The van der Waals surface area contributed by atoms with Crippen LogP contribution in [0.2, 0.25) is 0 Å². The lowest BCUT2D eigenvalue weighted by Gasteiger charge is -2.13. The minimum absolute atomic E-state index is 0.204. The van der Waals surface area contributed by atoms with Crippen LogP contribution in [0, 0.1) is 5.82 Å². The molecule has 1 N–H and O–H groups in total. The van der Waals surface area contributed by atoms with Gasteiger partial charge in [-0.15, -0.1) is 0 Å². The van der Waals surface area contributed by atoms with Crippen LogP contribution in [0.1, 0.15) is 19.9 Å². The average Bonchev–Trinajstić information content (AvgIpc) is 2.88. The molecule has 1 aromatic heterocycles. The van der Waals surface area contributed by atoms with Gasteiger partial charge in [-0.2, -0.15) is 0 Å². The Morgan fingerprint density at radius 2 is 1.81 bits per heavy atom. The van der Waals surface area contributed by atoms with Crippen molar-refractivity contribution >= 4 is 16.7 Å². The topological polar surface area (TPSA) is 29.9 Å². The molecular weight excluding hydrogens is 265 g/mol. The summed E-state index contributed by atoms with van der Waals surface area (Å²) in [5.74, 6) is 0.521. The number of nitrogens with one attached hydrogen (secondary N) is 1. The lowest BCUT2D eigenvalue weighted by molar-refractivity contribution is 0.623. The molecule has 0 spiro atoms. The van der Waals surface area contributed by atoms with Gasteiger partial charge in [0.05, 0.1) is 5.52 Å². The number of fused-ring (bicyclic) bond motifs is 1. The van der Waals surface area contributed by atoms with E-state index in [1.807, 2.05) is 37.4 Å². The molecule has 0 saturated heterocycles. The van der Waals surface area contributed by atoms with Gasteiger partial charge in [-0.3, -0.25) is 0 Å². The van der Waals surface area contributed by atoms with Gasteiger partial charge in [-0.05, 0) is 50.2 Å². The third kappa shape index (κ3) is 2.27. The smallest absolute Gasteiger partial charge is 0.151 e. The first-order chi connectivity index (χ1) is 10.1. The Bertz CT molecular complexity index is 773. The first-order valence-electron chi connectivity index (χ1n) is 7.06. The predicted molar refractivity (Wildman–Crippen MR) is 85.1 cm³/mol. The number of imidazole rings is 1. The summed E-state index contributed by atoms with van der Waals surface area (Å²) < 4.78 is 16.1. The van der Waals surface area contributed by atoms with Crippen LogP contribution in [-0.2, 0) is 0 Å². The summed E-state index contributed by atoms with van der Waals surface area (Å²) in [5, 5.41) is 3.09. The maximum absolute atomic E-state index is 14.0. The molecule has 0 saturated carbocycles. The molecular formula is C17H18FN3. The fraction of sp³-hybridized carbons (Fsp3) is 0.235. The summed E-state index contributed by atoms with van der Waals surface area (Å²) in [6.45, 7) is 4.16. The highest BCUT2D eigenvalue weighted by atomic mass is 19.1. The van der Waals surface area contributed by atoms with Crippen molar-refractivity contribution in [1.82, 2.24) is 9.55 Å². The summed E-state index contributed by atoms with van der Waals surface area (Å²) >= 11 is 0. The fourth-order valence-corrected chi connectivity index (χ4v) is 2.60. The molecule has 3 aromatic rings. The number of nitrogens with zero attached hydrogens (tertiary/aromatic N) is 2. The molecule has 21 heavy (non-hydrogen) atoms. The number of aromatic nitrogens is 2. The zero-order valence-electron chi connectivity index (χ0n) is 12.4. The van der Waals surface area contributed by atoms with E-state index in [1.165, 1.54) is 6.07 Å². The Morgan fingerprint density at radius 3 is 2.43 bits per heavy atom. The number of halogens is 1. The van der Waals surface area contributed by atoms with Gasteiger partial charge in [0.2, 0.25) is 0 Å². The highest BCUT2D eigenvalue weighted by Gasteiger charge is 2.16. The second kappa shape index (κ2) is 5.20. The van der Waals surface area contributed by atoms with E-state index in [0.717, 1.165) is 22.6 Å². The Kier molecular flexibility index (Phi) is 3.37. The molecule has 2 aromatic carbocycles. The van der Waals surface area contributed by atoms with E-state index in [-0.39, 0.29) is 11.9 Å². The number of para-hydroxylation sites is 1. The summed E-state index contributed by atoms with van der Waals surface area (Å²) in [6, 6.07) is 13.3. The van der Waals surface area contributed by atoms with Gasteiger partial charge in [0.15, 0.2) is 5.82 Å². The Labute approximate surface area is 123 Å². The molecule has 3 nitrogen and oxygen atoms in total. The summed E-state index contributed by atoms with van der Waals surface area (Å²) in [6.07, 6.45) is 0. The zero-order valence-corrected chi connectivity index (χ0v) is 12.4. The predicted octanol–water partition coefficient (Wildman–Crippen LogP) is 4.47. The maximum Gasteiger partial charge on any atom is 0.151 e. The van der Waals surface area contributed by atoms with Crippen molar-refractivity contribution < 1.29 is 4.39 Å². The molecule has 108 valence electrons. The minimum Gasteiger partial charge on any atom is -0.388 e. The molecule has 0 fully saturated rings. The van der Waals surface area contributed by atoms with Crippen molar-refractivity contribution in [3.8, 4) is 11.4 Å². The molecule has 3 rings (SSSR count). The Morgan fingerprint density at radius 1 is 1.10 bits per heavy atom. The second-order valence-electron chi connectivity index (χ2n) is 5.33. The molecule has 0 bridgehead atoms. The monoisotopic (exact) mass is 283 g/mol. The van der Waals surface area contributed by atoms with Crippen molar-refractivity contribution in [2.24, 2.45) is 0 Å². The SMILES string of the molecule is CNc1ccc(-c2nc3c(F)cccc3n2C(C)C)cc1. The van der Waals surface area contributed by atoms with E-state index in [1.54, 1.807) is 6.07 Å². The van der Waals surface area contributed by atoms with E-state index in [4.69, 9.17) is 0 Å². The van der Waals surface area contributed by atoms with Crippen LogP contribution in [0.25, 0.3) is 22.4 Å². The number of hydrogen-bond donors (Lipinski definition) is 1. The van der Waals surface area contributed by atoms with Crippen LogP contribution >= 0.6 is 0 Å². The van der Waals surface area contributed by atoms with Crippen LogP contribution in [0.3, 0.4) is 0 Å². The lowest BCUT2D eigenvalue weighted by atomic mass is 10.2. The largest absolute Gasteiger partial charge is 0.388 e. The van der Waals surface area contributed by atoms with Crippen molar-refractivity contribution in [3.63, 3.8) is 0 Å². The summed E-state index contributed by atoms with van der Waals surface area (Å²) in [4.78, 5) is 4.53.